The van der Waals surface area contributed by atoms with Crippen molar-refractivity contribution in [1.29, 1.82) is 0 Å². The SMILES string of the molecule is CC(C)(C)OC(=O)c1nnc(C2CCCN2)s1. The lowest BCUT2D eigenvalue weighted by atomic mass is 10.2. The van der Waals surface area contributed by atoms with Gasteiger partial charge >= 0.3 is 5.97 Å². The number of hydrogen-bond donors (Lipinski definition) is 1. The fourth-order valence-electron chi connectivity index (χ4n) is 1.67. The molecule has 1 N–H and O–H groups in total. The molecule has 0 amide bonds. The summed E-state index contributed by atoms with van der Waals surface area (Å²) >= 11 is 1.32. The molecule has 1 aliphatic rings. The standard InChI is InChI=1S/C11H17N3O2S/c1-11(2,3)16-10(15)9-14-13-8(17-9)7-5-4-6-12-7/h7,12H,4-6H2,1-3H3. The largest absolute Gasteiger partial charge is 0.455 e. The van der Waals surface area contributed by atoms with Crippen molar-refractivity contribution in [3.05, 3.63) is 10.0 Å². The van der Waals surface area contributed by atoms with E-state index >= 15 is 0 Å². The Labute approximate surface area is 105 Å². The minimum absolute atomic E-state index is 0.253. The monoisotopic (exact) mass is 255 g/mol. The maximum Gasteiger partial charge on any atom is 0.369 e. The van der Waals surface area contributed by atoms with Crippen LogP contribution in [0.25, 0.3) is 0 Å². The quantitative estimate of drug-likeness (QED) is 0.818. The molecule has 1 fully saturated rings. The van der Waals surface area contributed by atoms with E-state index in [2.05, 4.69) is 15.5 Å². The Bertz CT molecular complexity index is 405. The van der Waals surface area contributed by atoms with Gasteiger partial charge in [-0.05, 0) is 40.2 Å². The molecule has 6 heteroatoms. The molecule has 1 aromatic rings. The zero-order valence-corrected chi connectivity index (χ0v) is 11.1. The Hall–Kier alpha value is -1.01. The van der Waals surface area contributed by atoms with Crippen molar-refractivity contribution in [2.45, 2.75) is 45.3 Å². The van der Waals surface area contributed by atoms with Crippen LogP contribution < -0.4 is 5.32 Å². The molecule has 2 rings (SSSR count). The molecule has 1 unspecified atom stereocenters. The third kappa shape index (κ3) is 3.23. The van der Waals surface area contributed by atoms with Crippen LogP contribution in [-0.4, -0.2) is 28.3 Å². The number of ether oxygens (including phenoxy) is 1. The van der Waals surface area contributed by atoms with Gasteiger partial charge in [0.05, 0.1) is 6.04 Å². The molecule has 0 bridgehead atoms. The smallest absolute Gasteiger partial charge is 0.369 e. The van der Waals surface area contributed by atoms with Crippen molar-refractivity contribution in [3.8, 4) is 0 Å². The van der Waals surface area contributed by atoms with Crippen LogP contribution >= 0.6 is 11.3 Å². The van der Waals surface area contributed by atoms with E-state index in [1.165, 1.54) is 11.3 Å². The summed E-state index contributed by atoms with van der Waals surface area (Å²) in [5, 5.41) is 12.5. The number of nitrogens with one attached hydrogen (secondary N) is 1. The lowest BCUT2D eigenvalue weighted by molar-refractivity contribution is 0.00683. The van der Waals surface area contributed by atoms with Crippen LogP contribution in [0.2, 0.25) is 0 Å². The van der Waals surface area contributed by atoms with Crippen LogP contribution in [0.1, 0.15) is 54.5 Å². The van der Waals surface area contributed by atoms with Crippen molar-refractivity contribution < 1.29 is 9.53 Å². The van der Waals surface area contributed by atoms with Crippen LogP contribution in [-0.2, 0) is 4.74 Å². The van der Waals surface area contributed by atoms with Crippen LogP contribution in [0.15, 0.2) is 0 Å². The molecule has 1 atom stereocenters. The van der Waals surface area contributed by atoms with Crippen LogP contribution in [0.3, 0.4) is 0 Å². The van der Waals surface area contributed by atoms with E-state index in [0.717, 1.165) is 24.4 Å². The fourth-order valence-corrected chi connectivity index (χ4v) is 2.50. The van der Waals surface area contributed by atoms with Gasteiger partial charge in [-0.3, -0.25) is 0 Å². The third-order valence-corrected chi connectivity index (χ3v) is 3.39. The average Bonchev–Trinajstić information content (AvgIpc) is 2.86. The van der Waals surface area contributed by atoms with E-state index < -0.39 is 5.60 Å². The van der Waals surface area contributed by atoms with Gasteiger partial charge in [0, 0.05) is 0 Å². The number of aromatic nitrogens is 2. The molecular formula is C11H17N3O2S. The Morgan fingerprint density at radius 3 is 2.82 bits per heavy atom. The van der Waals surface area contributed by atoms with Gasteiger partial charge in [-0.1, -0.05) is 11.3 Å². The van der Waals surface area contributed by atoms with Crippen LogP contribution in [0, 0.1) is 0 Å². The van der Waals surface area contributed by atoms with Gasteiger partial charge in [-0.15, -0.1) is 10.2 Å². The first-order valence-electron chi connectivity index (χ1n) is 5.76. The first kappa shape index (κ1) is 12.4. The van der Waals surface area contributed by atoms with Crippen molar-refractivity contribution in [2.24, 2.45) is 0 Å². The molecule has 94 valence electrons. The first-order valence-corrected chi connectivity index (χ1v) is 6.57. The zero-order chi connectivity index (χ0) is 12.5. The zero-order valence-electron chi connectivity index (χ0n) is 10.3. The van der Waals surface area contributed by atoms with E-state index in [1.807, 2.05) is 20.8 Å². The number of esters is 1. The molecule has 0 aliphatic carbocycles. The second-order valence-corrected chi connectivity index (χ2v) is 6.11. The van der Waals surface area contributed by atoms with Gasteiger partial charge in [0.1, 0.15) is 10.6 Å². The second kappa shape index (κ2) is 4.70. The molecule has 1 saturated heterocycles. The summed E-state index contributed by atoms with van der Waals surface area (Å²) in [6, 6.07) is 0.253. The Balaban J connectivity index is 2.04. The molecular weight excluding hydrogens is 238 g/mol. The molecule has 0 spiro atoms. The molecule has 1 aliphatic heterocycles. The van der Waals surface area contributed by atoms with Gasteiger partial charge in [-0.2, -0.15) is 0 Å². The van der Waals surface area contributed by atoms with Gasteiger partial charge in [0.15, 0.2) is 0 Å². The molecule has 0 radical (unpaired) electrons. The first-order chi connectivity index (χ1) is 7.96. The highest BCUT2D eigenvalue weighted by Crippen LogP contribution is 2.26. The highest BCUT2D eigenvalue weighted by atomic mass is 32.1. The summed E-state index contributed by atoms with van der Waals surface area (Å²) in [7, 11) is 0. The van der Waals surface area contributed by atoms with Crippen LogP contribution in [0.4, 0.5) is 0 Å². The number of carbonyl (C=O) groups is 1. The molecule has 0 saturated carbocycles. The van der Waals surface area contributed by atoms with E-state index in [-0.39, 0.29) is 12.0 Å². The predicted octanol–water partition coefficient (Wildman–Crippen LogP) is 1.92. The number of rotatable bonds is 2. The molecule has 5 nitrogen and oxygen atoms in total. The molecule has 17 heavy (non-hydrogen) atoms. The van der Waals surface area contributed by atoms with Gasteiger partial charge in [-0.25, -0.2) is 4.79 Å². The van der Waals surface area contributed by atoms with Gasteiger partial charge in [0.2, 0.25) is 5.01 Å². The summed E-state index contributed by atoms with van der Waals surface area (Å²) in [5.41, 5.74) is -0.492. The summed E-state index contributed by atoms with van der Waals surface area (Å²) in [5.74, 6) is -0.390. The molecule has 2 heterocycles. The van der Waals surface area contributed by atoms with Crippen molar-refractivity contribution in [2.75, 3.05) is 6.54 Å². The average molecular weight is 255 g/mol. The van der Waals surface area contributed by atoms with Crippen molar-refractivity contribution in [3.63, 3.8) is 0 Å². The van der Waals surface area contributed by atoms with Gasteiger partial charge < -0.3 is 10.1 Å². The number of nitrogens with zero attached hydrogens (tertiary/aromatic N) is 2. The lowest BCUT2D eigenvalue weighted by Gasteiger charge is -2.18. The predicted molar refractivity (Wildman–Crippen MR) is 65.1 cm³/mol. The van der Waals surface area contributed by atoms with Gasteiger partial charge in [0.25, 0.3) is 0 Å². The molecule has 0 aromatic carbocycles. The normalized spacial score (nSPS) is 20.5. The molecule has 1 aromatic heterocycles. The van der Waals surface area contributed by atoms with Crippen molar-refractivity contribution in [1.82, 2.24) is 15.5 Å². The van der Waals surface area contributed by atoms with E-state index in [1.54, 1.807) is 0 Å². The minimum Gasteiger partial charge on any atom is -0.455 e. The van der Waals surface area contributed by atoms with Crippen LogP contribution in [0.5, 0.6) is 0 Å². The second-order valence-electron chi connectivity index (χ2n) is 5.10. The Morgan fingerprint density at radius 2 is 2.24 bits per heavy atom. The van der Waals surface area contributed by atoms with E-state index in [0.29, 0.717) is 5.01 Å². The summed E-state index contributed by atoms with van der Waals surface area (Å²) in [4.78, 5) is 11.8. The fraction of sp³-hybridized carbons (Fsp3) is 0.727. The summed E-state index contributed by atoms with van der Waals surface area (Å²) in [6.07, 6.45) is 2.20. The highest BCUT2D eigenvalue weighted by molar-refractivity contribution is 7.13. The summed E-state index contributed by atoms with van der Waals surface area (Å²) < 4.78 is 5.25. The highest BCUT2D eigenvalue weighted by Gasteiger charge is 2.25. The Morgan fingerprint density at radius 1 is 1.47 bits per heavy atom. The van der Waals surface area contributed by atoms with E-state index in [9.17, 15) is 4.79 Å². The van der Waals surface area contributed by atoms with Crippen molar-refractivity contribution >= 4 is 17.3 Å². The minimum atomic E-state index is -0.492. The maximum atomic E-state index is 11.8. The Kier molecular flexibility index (Phi) is 3.44. The maximum absolute atomic E-state index is 11.8. The summed E-state index contributed by atoms with van der Waals surface area (Å²) in [6.45, 7) is 6.52. The number of carbonyl (C=O) groups excluding carboxylic acids is 1. The number of hydrogen-bond acceptors (Lipinski definition) is 6. The van der Waals surface area contributed by atoms with E-state index in [4.69, 9.17) is 4.74 Å². The third-order valence-electron chi connectivity index (χ3n) is 2.37. The topological polar surface area (TPSA) is 64.1 Å². The lowest BCUT2D eigenvalue weighted by Crippen LogP contribution is -2.23.